The van der Waals surface area contributed by atoms with Gasteiger partial charge in [-0.1, -0.05) is 31.0 Å². The summed E-state index contributed by atoms with van der Waals surface area (Å²) in [6, 6.07) is 16.9. The van der Waals surface area contributed by atoms with Crippen LogP contribution in [0.1, 0.15) is 51.4 Å². The molecule has 1 aliphatic heterocycles. The molecule has 172 valence electrons. The summed E-state index contributed by atoms with van der Waals surface area (Å²) in [5.74, 6) is 1.25. The first kappa shape index (κ1) is 21.7. The van der Waals surface area contributed by atoms with Crippen molar-refractivity contribution < 1.29 is 19.1 Å². The average molecular weight is 447 g/mol. The second-order valence-corrected chi connectivity index (χ2v) is 9.48. The lowest BCUT2D eigenvalue weighted by Crippen LogP contribution is -2.43. The SMILES string of the molecule is O=C(Nc1ccc(Oc2ccccc2)cc1)C1CCC(N2C(=O)[C@H]3CCCC[C@@H]3C2=O)CC1. The molecule has 33 heavy (non-hydrogen) atoms. The van der Waals surface area contributed by atoms with Gasteiger partial charge in [0, 0.05) is 17.6 Å². The smallest absolute Gasteiger partial charge is 0.233 e. The first-order valence-corrected chi connectivity index (χ1v) is 12.1. The van der Waals surface area contributed by atoms with Crippen LogP contribution in [0.25, 0.3) is 0 Å². The Balaban J connectivity index is 1.13. The van der Waals surface area contributed by atoms with Gasteiger partial charge in [-0.3, -0.25) is 19.3 Å². The first-order chi connectivity index (χ1) is 16.1. The summed E-state index contributed by atoms with van der Waals surface area (Å²) in [4.78, 5) is 40.1. The zero-order chi connectivity index (χ0) is 22.8. The van der Waals surface area contributed by atoms with Gasteiger partial charge in [0.2, 0.25) is 17.7 Å². The number of ether oxygens (including phenoxy) is 1. The molecule has 0 unspecified atom stereocenters. The van der Waals surface area contributed by atoms with Gasteiger partial charge in [-0.05, 0) is 74.9 Å². The molecule has 1 heterocycles. The van der Waals surface area contributed by atoms with Crippen molar-refractivity contribution in [2.45, 2.75) is 57.4 Å². The molecule has 0 spiro atoms. The van der Waals surface area contributed by atoms with E-state index in [1.54, 1.807) is 4.90 Å². The molecule has 3 aliphatic rings. The van der Waals surface area contributed by atoms with Crippen molar-refractivity contribution in [2.24, 2.45) is 17.8 Å². The van der Waals surface area contributed by atoms with E-state index in [2.05, 4.69) is 5.32 Å². The predicted octanol–water partition coefficient (Wildman–Crippen LogP) is 5.15. The average Bonchev–Trinajstić information content (AvgIpc) is 3.11. The summed E-state index contributed by atoms with van der Waals surface area (Å²) in [7, 11) is 0. The molecule has 1 saturated heterocycles. The van der Waals surface area contributed by atoms with Crippen LogP contribution < -0.4 is 10.1 Å². The Hall–Kier alpha value is -3.15. The lowest BCUT2D eigenvalue weighted by molar-refractivity contribution is -0.143. The molecule has 0 bridgehead atoms. The number of anilines is 1. The molecule has 3 amide bonds. The van der Waals surface area contributed by atoms with Gasteiger partial charge in [0.05, 0.1) is 11.8 Å². The van der Waals surface area contributed by atoms with Crippen molar-refractivity contribution in [2.75, 3.05) is 5.32 Å². The molecule has 1 N–H and O–H groups in total. The van der Waals surface area contributed by atoms with E-state index < -0.39 is 0 Å². The molecule has 3 fully saturated rings. The Labute approximate surface area is 194 Å². The highest BCUT2D eigenvalue weighted by atomic mass is 16.5. The normalized spacial score (nSPS) is 27.2. The molecule has 2 atom stereocenters. The van der Waals surface area contributed by atoms with Gasteiger partial charge in [-0.2, -0.15) is 0 Å². The van der Waals surface area contributed by atoms with Crippen LogP contribution in [0.15, 0.2) is 54.6 Å². The monoisotopic (exact) mass is 446 g/mol. The molecule has 2 aromatic rings. The second kappa shape index (κ2) is 9.38. The zero-order valence-electron chi connectivity index (χ0n) is 18.7. The van der Waals surface area contributed by atoms with Crippen LogP contribution >= 0.6 is 0 Å². The Morgan fingerprint density at radius 3 is 1.94 bits per heavy atom. The van der Waals surface area contributed by atoms with Crippen LogP contribution in [-0.2, 0) is 14.4 Å². The van der Waals surface area contributed by atoms with Crippen LogP contribution in [0, 0.1) is 17.8 Å². The van der Waals surface area contributed by atoms with Gasteiger partial charge in [0.25, 0.3) is 0 Å². The van der Waals surface area contributed by atoms with Crippen molar-refractivity contribution >= 4 is 23.4 Å². The maximum Gasteiger partial charge on any atom is 0.233 e. The summed E-state index contributed by atoms with van der Waals surface area (Å²) >= 11 is 0. The lowest BCUT2D eigenvalue weighted by Gasteiger charge is -2.33. The predicted molar refractivity (Wildman–Crippen MR) is 125 cm³/mol. The van der Waals surface area contributed by atoms with E-state index in [-0.39, 0.29) is 41.5 Å². The number of fused-ring (bicyclic) bond motifs is 1. The number of rotatable bonds is 5. The number of nitrogens with one attached hydrogen (secondary N) is 1. The van der Waals surface area contributed by atoms with Crippen molar-refractivity contribution in [1.29, 1.82) is 0 Å². The van der Waals surface area contributed by atoms with Crippen molar-refractivity contribution in [1.82, 2.24) is 4.90 Å². The molecule has 6 nitrogen and oxygen atoms in total. The van der Waals surface area contributed by atoms with E-state index in [1.165, 1.54) is 0 Å². The van der Waals surface area contributed by atoms with Crippen LogP contribution in [0.3, 0.4) is 0 Å². The molecule has 2 saturated carbocycles. The minimum Gasteiger partial charge on any atom is -0.457 e. The van der Waals surface area contributed by atoms with E-state index >= 15 is 0 Å². The van der Waals surface area contributed by atoms with Gasteiger partial charge < -0.3 is 10.1 Å². The minimum atomic E-state index is -0.100. The number of amides is 3. The third kappa shape index (κ3) is 4.52. The Bertz CT molecular complexity index is 988. The Morgan fingerprint density at radius 1 is 0.758 bits per heavy atom. The van der Waals surface area contributed by atoms with E-state index in [1.807, 2.05) is 54.6 Å². The summed E-state index contributed by atoms with van der Waals surface area (Å²) in [6.45, 7) is 0. The highest BCUT2D eigenvalue weighted by Crippen LogP contribution is 2.41. The van der Waals surface area contributed by atoms with Crippen molar-refractivity contribution in [3.63, 3.8) is 0 Å². The lowest BCUT2D eigenvalue weighted by atomic mass is 9.81. The fourth-order valence-electron chi connectivity index (χ4n) is 5.62. The number of imide groups is 1. The third-order valence-electron chi connectivity index (χ3n) is 7.41. The summed E-state index contributed by atoms with van der Waals surface area (Å²) < 4.78 is 5.80. The number of benzene rings is 2. The number of para-hydroxylation sites is 1. The maximum atomic E-state index is 12.9. The number of hydrogen-bond donors (Lipinski definition) is 1. The maximum absolute atomic E-state index is 12.9. The summed E-state index contributed by atoms with van der Waals surface area (Å²) in [5, 5.41) is 3.00. The number of nitrogens with zero attached hydrogens (tertiary/aromatic N) is 1. The molecule has 2 aromatic carbocycles. The van der Waals surface area contributed by atoms with Crippen LogP contribution in [0.4, 0.5) is 5.69 Å². The van der Waals surface area contributed by atoms with Crippen LogP contribution in [0.5, 0.6) is 11.5 Å². The van der Waals surface area contributed by atoms with Gasteiger partial charge in [-0.15, -0.1) is 0 Å². The Kier molecular flexibility index (Phi) is 6.16. The standard InChI is InChI=1S/C27H30N2O4/c30-25(28-19-12-16-22(17-13-19)33-21-6-2-1-3-7-21)18-10-14-20(15-11-18)29-26(31)23-8-4-5-9-24(23)27(29)32/h1-3,6-7,12-13,16-18,20,23-24H,4-5,8-11,14-15H2,(H,28,30)/t18?,20?,23-,24-/m0/s1. The quantitative estimate of drug-likeness (QED) is 0.645. The van der Waals surface area contributed by atoms with E-state index in [0.717, 1.165) is 37.1 Å². The molecular formula is C27H30N2O4. The number of carbonyl (C=O) groups is 3. The van der Waals surface area contributed by atoms with Crippen LogP contribution in [0.2, 0.25) is 0 Å². The number of likely N-dealkylation sites (tertiary alicyclic amines) is 1. The van der Waals surface area contributed by atoms with E-state index in [0.29, 0.717) is 31.4 Å². The molecule has 6 heteroatoms. The summed E-state index contributed by atoms with van der Waals surface area (Å²) in [5.41, 5.74) is 0.733. The Morgan fingerprint density at radius 2 is 1.33 bits per heavy atom. The van der Waals surface area contributed by atoms with E-state index in [4.69, 9.17) is 4.74 Å². The summed E-state index contributed by atoms with van der Waals surface area (Å²) in [6.07, 6.45) is 6.58. The fourth-order valence-corrected chi connectivity index (χ4v) is 5.62. The highest BCUT2D eigenvalue weighted by Gasteiger charge is 2.50. The number of carbonyl (C=O) groups excluding carboxylic acids is 3. The topological polar surface area (TPSA) is 75.7 Å². The van der Waals surface area contributed by atoms with E-state index in [9.17, 15) is 14.4 Å². The zero-order valence-corrected chi connectivity index (χ0v) is 18.7. The van der Waals surface area contributed by atoms with Crippen molar-refractivity contribution in [3.05, 3.63) is 54.6 Å². The van der Waals surface area contributed by atoms with Gasteiger partial charge in [0.15, 0.2) is 0 Å². The molecule has 0 radical (unpaired) electrons. The first-order valence-electron chi connectivity index (χ1n) is 12.1. The largest absolute Gasteiger partial charge is 0.457 e. The third-order valence-corrected chi connectivity index (χ3v) is 7.41. The van der Waals surface area contributed by atoms with Gasteiger partial charge in [-0.25, -0.2) is 0 Å². The fraction of sp³-hybridized carbons (Fsp3) is 0.444. The van der Waals surface area contributed by atoms with Crippen LogP contribution in [-0.4, -0.2) is 28.7 Å². The molecular weight excluding hydrogens is 416 g/mol. The van der Waals surface area contributed by atoms with Gasteiger partial charge in [0.1, 0.15) is 11.5 Å². The highest BCUT2D eigenvalue weighted by molar-refractivity contribution is 6.05. The number of hydrogen-bond acceptors (Lipinski definition) is 4. The second-order valence-electron chi connectivity index (χ2n) is 9.48. The molecule has 5 rings (SSSR count). The van der Waals surface area contributed by atoms with Crippen molar-refractivity contribution in [3.8, 4) is 11.5 Å². The molecule has 0 aromatic heterocycles. The minimum absolute atomic E-state index is 0.00192. The molecule has 2 aliphatic carbocycles. The van der Waals surface area contributed by atoms with Gasteiger partial charge >= 0.3 is 0 Å².